The lowest BCUT2D eigenvalue weighted by Crippen LogP contribution is -2.48. The fraction of sp³-hybridized carbons (Fsp3) is 0.938. The molecule has 0 saturated carbocycles. The molecule has 0 aromatic rings. The van der Waals surface area contributed by atoms with Crippen molar-refractivity contribution < 1.29 is 9.53 Å². The Labute approximate surface area is 129 Å². The van der Waals surface area contributed by atoms with Crippen LogP contribution in [0.15, 0.2) is 0 Å². The van der Waals surface area contributed by atoms with E-state index in [2.05, 4.69) is 24.1 Å². The van der Waals surface area contributed by atoms with Gasteiger partial charge in [-0.1, -0.05) is 6.92 Å². The minimum absolute atomic E-state index is 0.336. The Morgan fingerprint density at radius 1 is 1.43 bits per heavy atom. The molecule has 5 nitrogen and oxygen atoms in total. The number of hydrogen-bond donors (Lipinski definition) is 2. The second kappa shape index (κ2) is 7.99. The van der Waals surface area contributed by atoms with Gasteiger partial charge in [0.25, 0.3) is 0 Å². The van der Waals surface area contributed by atoms with E-state index in [0.717, 1.165) is 6.42 Å². The molecule has 1 amide bonds. The van der Waals surface area contributed by atoms with Gasteiger partial charge in [-0.25, -0.2) is 4.79 Å². The van der Waals surface area contributed by atoms with Crippen molar-refractivity contribution in [2.75, 3.05) is 13.1 Å². The minimum Gasteiger partial charge on any atom is -0.444 e. The van der Waals surface area contributed by atoms with E-state index in [0.29, 0.717) is 31.2 Å². The average molecular weight is 299 g/mol. The average Bonchev–Trinajstić information content (AvgIpc) is 2.74. The molecule has 124 valence electrons. The maximum atomic E-state index is 11.7. The van der Waals surface area contributed by atoms with Gasteiger partial charge in [-0.05, 0) is 53.4 Å². The van der Waals surface area contributed by atoms with Gasteiger partial charge in [0.2, 0.25) is 0 Å². The van der Waals surface area contributed by atoms with E-state index in [1.807, 2.05) is 20.8 Å². The number of carbonyl (C=O) groups is 1. The van der Waals surface area contributed by atoms with Gasteiger partial charge in [0.15, 0.2) is 0 Å². The number of nitrogens with zero attached hydrogens (tertiary/aromatic N) is 1. The lowest BCUT2D eigenvalue weighted by atomic mass is 10.1. The van der Waals surface area contributed by atoms with Gasteiger partial charge in [-0.3, -0.25) is 4.90 Å². The number of hydrogen-bond acceptors (Lipinski definition) is 4. The molecule has 1 aliphatic heterocycles. The molecule has 1 aliphatic rings. The standard InChI is InChI=1S/C16H33N3O2/c1-6-13-8-7-12(2)19(13)14(11-17)9-10-18-15(20)21-16(3,4)5/h12-14H,6-11,17H2,1-5H3,(H,18,20). The lowest BCUT2D eigenvalue weighted by Gasteiger charge is -2.35. The number of rotatable bonds is 6. The maximum absolute atomic E-state index is 11.7. The predicted octanol–water partition coefficient (Wildman–Crippen LogP) is 2.49. The second-order valence-electron chi connectivity index (χ2n) is 7.04. The summed E-state index contributed by atoms with van der Waals surface area (Å²) in [4.78, 5) is 14.2. The molecule has 1 heterocycles. The van der Waals surface area contributed by atoms with Crippen LogP contribution in [0.5, 0.6) is 0 Å². The number of ether oxygens (including phenoxy) is 1. The van der Waals surface area contributed by atoms with Crippen molar-refractivity contribution in [1.82, 2.24) is 10.2 Å². The monoisotopic (exact) mass is 299 g/mol. The summed E-state index contributed by atoms with van der Waals surface area (Å²) in [6.07, 6.45) is 4.19. The third kappa shape index (κ3) is 5.83. The molecule has 5 heteroatoms. The van der Waals surface area contributed by atoms with Crippen molar-refractivity contribution in [3.63, 3.8) is 0 Å². The van der Waals surface area contributed by atoms with Crippen molar-refractivity contribution in [2.24, 2.45) is 5.73 Å². The predicted molar refractivity (Wildman–Crippen MR) is 86.3 cm³/mol. The smallest absolute Gasteiger partial charge is 0.407 e. The molecule has 21 heavy (non-hydrogen) atoms. The van der Waals surface area contributed by atoms with Crippen LogP contribution >= 0.6 is 0 Å². The maximum Gasteiger partial charge on any atom is 0.407 e. The summed E-state index contributed by atoms with van der Waals surface area (Å²) in [5, 5.41) is 2.83. The number of alkyl carbamates (subject to hydrolysis) is 1. The number of carbonyl (C=O) groups excluding carboxylic acids is 1. The van der Waals surface area contributed by atoms with Gasteiger partial charge in [0.05, 0.1) is 0 Å². The fourth-order valence-electron chi connectivity index (χ4n) is 3.21. The Morgan fingerprint density at radius 3 is 2.62 bits per heavy atom. The van der Waals surface area contributed by atoms with Crippen molar-refractivity contribution in [2.45, 2.75) is 84.0 Å². The van der Waals surface area contributed by atoms with Crippen LogP contribution < -0.4 is 11.1 Å². The summed E-state index contributed by atoms with van der Waals surface area (Å²) in [5.41, 5.74) is 5.51. The molecular weight excluding hydrogens is 266 g/mol. The van der Waals surface area contributed by atoms with Gasteiger partial charge in [0, 0.05) is 31.2 Å². The summed E-state index contributed by atoms with van der Waals surface area (Å²) >= 11 is 0. The number of amides is 1. The van der Waals surface area contributed by atoms with E-state index in [1.54, 1.807) is 0 Å². The van der Waals surface area contributed by atoms with Gasteiger partial charge >= 0.3 is 6.09 Å². The summed E-state index contributed by atoms with van der Waals surface area (Å²) in [7, 11) is 0. The summed E-state index contributed by atoms with van der Waals surface area (Å²) < 4.78 is 5.25. The van der Waals surface area contributed by atoms with Gasteiger partial charge in [-0.15, -0.1) is 0 Å². The van der Waals surface area contributed by atoms with E-state index in [1.165, 1.54) is 19.3 Å². The Kier molecular flexibility index (Phi) is 6.94. The summed E-state index contributed by atoms with van der Waals surface area (Å²) in [6.45, 7) is 11.4. The van der Waals surface area contributed by atoms with Crippen molar-refractivity contribution in [1.29, 1.82) is 0 Å². The first-order valence-electron chi connectivity index (χ1n) is 8.22. The zero-order valence-corrected chi connectivity index (χ0v) is 14.3. The van der Waals surface area contributed by atoms with Gasteiger partial charge in [-0.2, -0.15) is 0 Å². The highest BCUT2D eigenvalue weighted by Gasteiger charge is 2.33. The SMILES string of the molecule is CCC1CCC(C)N1C(CN)CCNC(=O)OC(C)(C)C. The molecular formula is C16H33N3O2. The van der Waals surface area contributed by atoms with Crippen LogP contribution in [0.25, 0.3) is 0 Å². The number of nitrogens with two attached hydrogens (primary N) is 1. The first-order valence-corrected chi connectivity index (χ1v) is 8.22. The molecule has 3 N–H and O–H groups in total. The number of nitrogens with one attached hydrogen (secondary N) is 1. The van der Waals surface area contributed by atoms with E-state index in [4.69, 9.17) is 10.5 Å². The summed E-state index contributed by atoms with van der Waals surface area (Å²) in [6, 6.07) is 1.56. The Balaban J connectivity index is 2.42. The third-order valence-corrected chi connectivity index (χ3v) is 4.16. The lowest BCUT2D eigenvalue weighted by molar-refractivity contribution is 0.0518. The molecule has 0 aliphatic carbocycles. The van der Waals surface area contributed by atoms with Gasteiger partial charge in [0.1, 0.15) is 5.60 Å². The fourth-order valence-corrected chi connectivity index (χ4v) is 3.21. The third-order valence-electron chi connectivity index (χ3n) is 4.16. The summed E-state index contributed by atoms with van der Waals surface area (Å²) in [5.74, 6) is 0. The van der Waals surface area contributed by atoms with Crippen LogP contribution in [0.2, 0.25) is 0 Å². The molecule has 3 unspecified atom stereocenters. The largest absolute Gasteiger partial charge is 0.444 e. The van der Waals surface area contributed by atoms with E-state index in [9.17, 15) is 4.79 Å². The van der Waals surface area contributed by atoms with Crippen LogP contribution in [-0.4, -0.2) is 47.8 Å². The van der Waals surface area contributed by atoms with Crippen LogP contribution in [0, 0.1) is 0 Å². The molecule has 1 saturated heterocycles. The van der Waals surface area contributed by atoms with E-state index < -0.39 is 5.60 Å². The number of likely N-dealkylation sites (tertiary alicyclic amines) is 1. The molecule has 3 atom stereocenters. The minimum atomic E-state index is -0.450. The molecule has 0 aromatic carbocycles. The molecule has 0 radical (unpaired) electrons. The highest BCUT2D eigenvalue weighted by Crippen LogP contribution is 2.28. The van der Waals surface area contributed by atoms with E-state index >= 15 is 0 Å². The van der Waals surface area contributed by atoms with Crippen molar-refractivity contribution in [3.8, 4) is 0 Å². The van der Waals surface area contributed by atoms with Crippen LogP contribution in [0.3, 0.4) is 0 Å². The first-order chi connectivity index (χ1) is 9.78. The first kappa shape index (κ1) is 18.2. The Bertz CT molecular complexity index is 328. The van der Waals surface area contributed by atoms with Crippen molar-refractivity contribution >= 4 is 6.09 Å². The van der Waals surface area contributed by atoms with Crippen LogP contribution in [0.4, 0.5) is 4.79 Å². The zero-order valence-electron chi connectivity index (χ0n) is 14.3. The molecule has 0 bridgehead atoms. The van der Waals surface area contributed by atoms with Crippen molar-refractivity contribution in [3.05, 3.63) is 0 Å². The second-order valence-corrected chi connectivity index (χ2v) is 7.04. The van der Waals surface area contributed by atoms with Crippen LogP contribution in [0.1, 0.15) is 60.3 Å². The normalized spacial score (nSPS) is 24.9. The molecule has 0 aromatic heterocycles. The molecule has 1 fully saturated rings. The van der Waals surface area contributed by atoms with Crippen LogP contribution in [-0.2, 0) is 4.74 Å². The zero-order chi connectivity index (χ0) is 16.0. The Morgan fingerprint density at radius 2 is 2.10 bits per heavy atom. The topological polar surface area (TPSA) is 67.6 Å². The molecule has 1 rings (SSSR count). The highest BCUT2D eigenvalue weighted by molar-refractivity contribution is 5.67. The highest BCUT2D eigenvalue weighted by atomic mass is 16.6. The molecule has 0 spiro atoms. The van der Waals surface area contributed by atoms with Gasteiger partial charge < -0.3 is 15.8 Å². The Hall–Kier alpha value is -0.810. The quantitative estimate of drug-likeness (QED) is 0.791. The van der Waals surface area contributed by atoms with E-state index in [-0.39, 0.29) is 6.09 Å².